The van der Waals surface area contributed by atoms with Crippen molar-refractivity contribution in [2.75, 3.05) is 11.9 Å². The number of benzene rings is 2. The molecule has 0 aliphatic heterocycles. The number of thiocarbonyl (C=S) groups is 1. The average Bonchev–Trinajstić information content (AvgIpc) is 3.11. The van der Waals surface area contributed by atoms with Crippen LogP contribution in [0.5, 0.6) is 0 Å². The fourth-order valence-corrected chi connectivity index (χ4v) is 4.24. The minimum Gasteiger partial charge on any atom is -0.462 e. The minimum absolute atomic E-state index is 0.263. The van der Waals surface area contributed by atoms with Gasteiger partial charge >= 0.3 is 5.97 Å². The summed E-state index contributed by atoms with van der Waals surface area (Å²) in [5.74, 6) is -0.344. The number of hydrogen-bond donors (Lipinski definition) is 2. The van der Waals surface area contributed by atoms with Crippen molar-refractivity contribution >= 4 is 40.6 Å². The topological polar surface area (TPSA) is 50.4 Å². The average molecular weight is 403 g/mol. The molecule has 27 heavy (non-hydrogen) atoms. The van der Waals surface area contributed by atoms with Gasteiger partial charge in [0.1, 0.15) is 0 Å². The number of halogens is 1. The molecule has 1 fully saturated rings. The van der Waals surface area contributed by atoms with Crippen LogP contribution in [0.25, 0.3) is 0 Å². The predicted molar refractivity (Wildman–Crippen MR) is 113 cm³/mol. The molecule has 2 aromatic rings. The first kappa shape index (κ1) is 19.6. The summed E-state index contributed by atoms with van der Waals surface area (Å²) in [5.41, 5.74) is 2.05. The van der Waals surface area contributed by atoms with Crippen molar-refractivity contribution in [2.45, 2.75) is 38.1 Å². The molecular weight excluding hydrogens is 380 g/mol. The van der Waals surface area contributed by atoms with E-state index in [0.29, 0.717) is 17.3 Å². The van der Waals surface area contributed by atoms with Crippen LogP contribution in [0.15, 0.2) is 48.5 Å². The summed E-state index contributed by atoms with van der Waals surface area (Å²) in [6.45, 7) is 2.13. The molecule has 2 N–H and O–H groups in total. The van der Waals surface area contributed by atoms with Gasteiger partial charge in [0.2, 0.25) is 0 Å². The normalized spacial score (nSPS) is 15.2. The summed E-state index contributed by atoms with van der Waals surface area (Å²) < 4.78 is 5.05. The molecule has 2 aromatic carbocycles. The van der Waals surface area contributed by atoms with E-state index in [2.05, 4.69) is 16.7 Å². The molecule has 3 rings (SSSR count). The van der Waals surface area contributed by atoms with Gasteiger partial charge in [0.15, 0.2) is 5.11 Å². The van der Waals surface area contributed by atoms with Gasteiger partial charge in [0.05, 0.1) is 17.7 Å². The van der Waals surface area contributed by atoms with Gasteiger partial charge in [-0.15, -0.1) is 0 Å². The molecule has 1 aliphatic rings. The van der Waals surface area contributed by atoms with E-state index in [1.54, 1.807) is 25.1 Å². The SMILES string of the molecule is CCOC(=O)c1cccc(NC(=S)NC2(c3ccccc3Cl)CCCC2)c1. The zero-order chi connectivity index (χ0) is 19.3. The smallest absolute Gasteiger partial charge is 0.338 e. The third kappa shape index (κ3) is 4.60. The van der Waals surface area contributed by atoms with Crippen LogP contribution >= 0.6 is 23.8 Å². The van der Waals surface area contributed by atoms with Gasteiger partial charge in [0.25, 0.3) is 0 Å². The van der Waals surface area contributed by atoms with Crippen LogP contribution in [0.1, 0.15) is 48.5 Å². The van der Waals surface area contributed by atoms with Crippen molar-refractivity contribution < 1.29 is 9.53 Å². The van der Waals surface area contributed by atoms with E-state index in [4.69, 9.17) is 28.6 Å². The summed E-state index contributed by atoms with van der Waals surface area (Å²) in [6.07, 6.45) is 4.20. The Kier molecular flexibility index (Phi) is 6.34. The number of carbonyl (C=O) groups excluding carboxylic acids is 1. The highest BCUT2D eigenvalue weighted by Gasteiger charge is 2.37. The van der Waals surface area contributed by atoms with Crippen molar-refractivity contribution in [1.82, 2.24) is 5.32 Å². The molecule has 1 aliphatic carbocycles. The van der Waals surface area contributed by atoms with Crippen LogP contribution in [-0.2, 0) is 10.3 Å². The summed E-state index contributed by atoms with van der Waals surface area (Å²) in [6, 6.07) is 15.0. The van der Waals surface area contributed by atoms with Crippen LogP contribution < -0.4 is 10.6 Å². The maximum absolute atomic E-state index is 11.9. The van der Waals surface area contributed by atoms with E-state index in [1.807, 2.05) is 24.3 Å². The quantitative estimate of drug-likeness (QED) is 0.526. The molecule has 0 heterocycles. The van der Waals surface area contributed by atoms with Crippen LogP contribution in [0.4, 0.5) is 5.69 Å². The van der Waals surface area contributed by atoms with Crippen LogP contribution in [-0.4, -0.2) is 17.7 Å². The number of esters is 1. The van der Waals surface area contributed by atoms with E-state index >= 15 is 0 Å². The summed E-state index contributed by atoms with van der Waals surface area (Å²) in [4.78, 5) is 11.9. The lowest BCUT2D eigenvalue weighted by Gasteiger charge is -2.33. The zero-order valence-electron chi connectivity index (χ0n) is 15.3. The molecular formula is C21H23ClN2O2S. The third-order valence-corrected chi connectivity index (χ3v) is 5.36. The van der Waals surface area contributed by atoms with Crippen LogP contribution in [0, 0.1) is 0 Å². The van der Waals surface area contributed by atoms with Crippen molar-refractivity contribution in [3.8, 4) is 0 Å². The van der Waals surface area contributed by atoms with E-state index in [-0.39, 0.29) is 11.5 Å². The van der Waals surface area contributed by atoms with Crippen LogP contribution in [0.3, 0.4) is 0 Å². The first-order valence-corrected chi connectivity index (χ1v) is 9.94. The van der Waals surface area contributed by atoms with Gasteiger partial charge in [-0.1, -0.05) is 48.7 Å². The predicted octanol–water partition coefficient (Wildman–Crippen LogP) is 5.27. The second-order valence-electron chi connectivity index (χ2n) is 6.65. The van der Waals surface area contributed by atoms with E-state index in [1.165, 1.54) is 0 Å². The number of rotatable bonds is 5. The standard InChI is InChI=1S/C21H23ClN2O2S/c1-2-26-19(25)15-8-7-9-16(14-15)23-20(27)24-21(12-5-6-13-21)17-10-3-4-11-18(17)22/h3-4,7-11,14H,2,5-6,12-13H2,1H3,(H2,23,24,27). The van der Waals surface area contributed by atoms with Gasteiger partial charge in [-0.2, -0.15) is 0 Å². The zero-order valence-corrected chi connectivity index (χ0v) is 16.8. The highest BCUT2D eigenvalue weighted by molar-refractivity contribution is 7.80. The number of ether oxygens (including phenoxy) is 1. The maximum atomic E-state index is 11.9. The molecule has 0 bridgehead atoms. The fraction of sp³-hybridized carbons (Fsp3) is 0.333. The Morgan fingerprint density at radius 3 is 2.63 bits per heavy atom. The van der Waals surface area contributed by atoms with Crippen molar-refractivity contribution in [3.63, 3.8) is 0 Å². The molecule has 0 amide bonds. The molecule has 0 saturated heterocycles. The Morgan fingerprint density at radius 2 is 1.93 bits per heavy atom. The molecule has 0 unspecified atom stereocenters. The number of nitrogens with one attached hydrogen (secondary N) is 2. The van der Waals surface area contributed by atoms with Crippen molar-refractivity contribution in [3.05, 3.63) is 64.7 Å². The first-order valence-electron chi connectivity index (χ1n) is 9.15. The van der Waals surface area contributed by atoms with Crippen molar-refractivity contribution in [1.29, 1.82) is 0 Å². The maximum Gasteiger partial charge on any atom is 0.338 e. The van der Waals surface area contributed by atoms with Gasteiger partial charge in [0, 0.05) is 10.7 Å². The summed E-state index contributed by atoms with van der Waals surface area (Å²) in [7, 11) is 0. The number of carbonyl (C=O) groups is 1. The van der Waals surface area contributed by atoms with E-state index < -0.39 is 0 Å². The second kappa shape index (κ2) is 8.72. The molecule has 6 heteroatoms. The van der Waals surface area contributed by atoms with Gasteiger partial charge in [-0.3, -0.25) is 0 Å². The Hall–Kier alpha value is -2.11. The highest BCUT2D eigenvalue weighted by atomic mass is 35.5. The minimum atomic E-state index is -0.344. The Bertz CT molecular complexity index is 834. The second-order valence-corrected chi connectivity index (χ2v) is 7.46. The lowest BCUT2D eigenvalue weighted by molar-refractivity contribution is 0.0526. The monoisotopic (exact) mass is 402 g/mol. The molecule has 0 aromatic heterocycles. The molecule has 4 nitrogen and oxygen atoms in total. The highest BCUT2D eigenvalue weighted by Crippen LogP contribution is 2.41. The Morgan fingerprint density at radius 1 is 1.19 bits per heavy atom. The molecule has 0 radical (unpaired) electrons. The molecule has 0 spiro atoms. The lowest BCUT2D eigenvalue weighted by atomic mass is 9.88. The lowest BCUT2D eigenvalue weighted by Crippen LogP contribution is -2.45. The van der Waals surface area contributed by atoms with Gasteiger partial charge in [-0.05, 0) is 61.8 Å². The largest absolute Gasteiger partial charge is 0.462 e. The third-order valence-electron chi connectivity index (χ3n) is 4.83. The van der Waals surface area contributed by atoms with E-state index in [0.717, 1.165) is 42.0 Å². The number of anilines is 1. The van der Waals surface area contributed by atoms with Crippen LogP contribution in [0.2, 0.25) is 5.02 Å². The Balaban J connectivity index is 1.75. The number of hydrogen-bond acceptors (Lipinski definition) is 3. The first-order chi connectivity index (χ1) is 13.0. The van der Waals surface area contributed by atoms with Crippen molar-refractivity contribution in [2.24, 2.45) is 0 Å². The Labute approximate surface area is 170 Å². The molecule has 0 atom stereocenters. The van der Waals surface area contributed by atoms with Gasteiger partial charge < -0.3 is 15.4 Å². The summed E-state index contributed by atoms with van der Waals surface area (Å²) >= 11 is 12.0. The summed E-state index contributed by atoms with van der Waals surface area (Å²) in [5, 5.41) is 7.94. The van der Waals surface area contributed by atoms with E-state index in [9.17, 15) is 4.79 Å². The molecule has 1 saturated carbocycles. The van der Waals surface area contributed by atoms with Gasteiger partial charge in [-0.25, -0.2) is 4.79 Å². The molecule has 142 valence electrons. The fourth-order valence-electron chi connectivity index (χ4n) is 3.61.